The van der Waals surface area contributed by atoms with E-state index in [2.05, 4.69) is 21.5 Å². The largest absolute Gasteiger partial charge is 0.322 e. The van der Waals surface area contributed by atoms with E-state index < -0.39 is 33.0 Å². The number of nitro groups is 2. The predicted octanol–water partition coefficient (Wildman–Crippen LogP) is 3.01. The normalized spacial score (nSPS) is 10.1. The van der Waals surface area contributed by atoms with E-state index in [0.29, 0.717) is 17.3 Å². The van der Waals surface area contributed by atoms with Crippen molar-refractivity contribution in [2.45, 2.75) is 6.92 Å². The number of non-ortho nitro benzene ring substituents is 2. The van der Waals surface area contributed by atoms with Crippen molar-refractivity contribution >= 4 is 52.1 Å². The summed E-state index contributed by atoms with van der Waals surface area (Å²) in [6.07, 6.45) is 0. The van der Waals surface area contributed by atoms with Crippen molar-refractivity contribution in [2.75, 3.05) is 5.32 Å². The monoisotopic (exact) mass is 522 g/mol. The molecule has 0 aliphatic rings. The predicted molar refractivity (Wildman–Crippen MR) is 136 cm³/mol. The summed E-state index contributed by atoms with van der Waals surface area (Å²) in [6.45, 7) is 1.82. The molecular weight excluding hydrogens is 504 g/mol. The van der Waals surface area contributed by atoms with E-state index in [0.717, 1.165) is 17.7 Å². The number of nitro benzene ring substituents is 2. The van der Waals surface area contributed by atoms with Gasteiger partial charge >= 0.3 is 0 Å². The number of amides is 3. The van der Waals surface area contributed by atoms with Gasteiger partial charge in [0.25, 0.3) is 29.1 Å². The number of nitrogens with zero attached hydrogens (tertiary/aromatic N) is 2. The number of rotatable bonds is 6. The van der Waals surface area contributed by atoms with Crippen LogP contribution in [0.25, 0.3) is 0 Å². The molecule has 37 heavy (non-hydrogen) atoms. The van der Waals surface area contributed by atoms with Crippen molar-refractivity contribution in [1.82, 2.24) is 16.2 Å². The molecule has 3 aromatic rings. The van der Waals surface area contributed by atoms with Crippen molar-refractivity contribution in [3.63, 3.8) is 0 Å². The van der Waals surface area contributed by atoms with Crippen LogP contribution in [0, 0.1) is 27.2 Å². The first-order valence-electron chi connectivity index (χ1n) is 10.4. The fourth-order valence-corrected chi connectivity index (χ4v) is 3.20. The molecule has 0 heterocycles. The van der Waals surface area contributed by atoms with E-state index >= 15 is 0 Å². The fraction of sp³-hybridized carbons (Fsp3) is 0.0435. The zero-order chi connectivity index (χ0) is 27.1. The van der Waals surface area contributed by atoms with Gasteiger partial charge in [-0.1, -0.05) is 18.2 Å². The van der Waals surface area contributed by atoms with Crippen LogP contribution in [-0.4, -0.2) is 32.7 Å². The zero-order valence-electron chi connectivity index (χ0n) is 19.0. The van der Waals surface area contributed by atoms with Gasteiger partial charge in [0.1, 0.15) is 0 Å². The molecule has 188 valence electrons. The number of hydrogen-bond donors (Lipinski definition) is 4. The molecule has 0 radical (unpaired) electrons. The second kappa shape index (κ2) is 11.5. The maximum atomic E-state index is 12.4. The molecule has 0 saturated heterocycles. The number of carbonyl (C=O) groups is 3. The third kappa shape index (κ3) is 6.89. The number of thiocarbonyl (C=S) groups is 1. The summed E-state index contributed by atoms with van der Waals surface area (Å²) in [7, 11) is 0. The molecule has 3 aromatic carbocycles. The van der Waals surface area contributed by atoms with E-state index in [1.165, 1.54) is 24.3 Å². The molecule has 4 N–H and O–H groups in total. The number of hydrogen-bond acceptors (Lipinski definition) is 8. The van der Waals surface area contributed by atoms with Crippen LogP contribution in [0.5, 0.6) is 0 Å². The number of benzene rings is 3. The van der Waals surface area contributed by atoms with Gasteiger partial charge in [-0.15, -0.1) is 0 Å². The van der Waals surface area contributed by atoms with Crippen LogP contribution < -0.4 is 21.5 Å². The molecular formula is C23H18N6O7S. The molecule has 14 heteroatoms. The highest BCUT2D eigenvalue weighted by Crippen LogP contribution is 2.22. The van der Waals surface area contributed by atoms with Gasteiger partial charge < -0.3 is 5.32 Å². The summed E-state index contributed by atoms with van der Waals surface area (Å²) in [4.78, 5) is 57.3. The molecule has 0 aliphatic heterocycles. The van der Waals surface area contributed by atoms with Gasteiger partial charge in [-0.25, -0.2) is 0 Å². The second-order valence-electron chi connectivity index (χ2n) is 7.46. The number of carbonyl (C=O) groups excluding carboxylic acids is 3. The molecule has 3 rings (SSSR count). The highest BCUT2D eigenvalue weighted by atomic mass is 32.1. The Kier molecular flexibility index (Phi) is 8.17. The van der Waals surface area contributed by atoms with Crippen LogP contribution in [0.3, 0.4) is 0 Å². The van der Waals surface area contributed by atoms with Crippen LogP contribution in [0.2, 0.25) is 0 Å². The Morgan fingerprint density at radius 2 is 1.35 bits per heavy atom. The summed E-state index contributed by atoms with van der Waals surface area (Å²) in [5.74, 6) is -1.89. The van der Waals surface area contributed by atoms with Gasteiger partial charge in [-0.3, -0.25) is 50.8 Å². The van der Waals surface area contributed by atoms with Gasteiger partial charge in [-0.05, 0) is 55.0 Å². The summed E-state index contributed by atoms with van der Waals surface area (Å²) in [5.41, 5.74) is 4.88. The van der Waals surface area contributed by atoms with E-state index in [4.69, 9.17) is 12.2 Å². The maximum Gasteiger partial charge on any atom is 0.277 e. The number of anilines is 1. The lowest BCUT2D eigenvalue weighted by atomic mass is 10.1. The first-order valence-corrected chi connectivity index (χ1v) is 10.8. The summed E-state index contributed by atoms with van der Waals surface area (Å²) in [5, 5.41) is 26.5. The SMILES string of the molecule is Cc1ccccc1C(=O)Nc1ccc(C(=O)NNC(=S)NC(=O)c2cc([N+](=O)[O-])cc([N+](=O)[O-])c2)cc1. The summed E-state index contributed by atoms with van der Waals surface area (Å²) in [6, 6.07) is 15.5. The van der Waals surface area contributed by atoms with Gasteiger partial charge in [0, 0.05) is 28.9 Å². The lowest BCUT2D eigenvalue weighted by Crippen LogP contribution is -2.48. The first kappa shape index (κ1) is 26.4. The summed E-state index contributed by atoms with van der Waals surface area (Å²) >= 11 is 4.92. The van der Waals surface area contributed by atoms with Crippen LogP contribution in [0.1, 0.15) is 36.6 Å². The van der Waals surface area contributed by atoms with E-state index in [1.54, 1.807) is 12.1 Å². The van der Waals surface area contributed by atoms with Crippen molar-refractivity contribution in [2.24, 2.45) is 0 Å². The number of hydrazine groups is 1. The van der Waals surface area contributed by atoms with Gasteiger partial charge in [0.05, 0.1) is 21.5 Å². The lowest BCUT2D eigenvalue weighted by Gasteiger charge is -2.11. The van der Waals surface area contributed by atoms with Crippen molar-refractivity contribution in [3.05, 3.63) is 109 Å². The number of aryl methyl sites for hydroxylation is 1. The topological polar surface area (TPSA) is 186 Å². The molecule has 0 saturated carbocycles. The van der Waals surface area contributed by atoms with E-state index in [1.807, 2.05) is 19.1 Å². The minimum absolute atomic E-state index is 0.199. The Balaban J connectivity index is 1.56. The lowest BCUT2D eigenvalue weighted by molar-refractivity contribution is -0.394. The smallest absolute Gasteiger partial charge is 0.277 e. The van der Waals surface area contributed by atoms with Crippen molar-refractivity contribution in [1.29, 1.82) is 0 Å². The third-order valence-electron chi connectivity index (χ3n) is 4.90. The Labute approximate surface area is 214 Å². The Morgan fingerprint density at radius 1 is 0.757 bits per heavy atom. The first-order chi connectivity index (χ1) is 17.5. The molecule has 0 aromatic heterocycles. The maximum absolute atomic E-state index is 12.4. The third-order valence-corrected chi connectivity index (χ3v) is 5.10. The Bertz CT molecular complexity index is 1390. The Morgan fingerprint density at radius 3 is 1.92 bits per heavy atom. The van der Waals surface area contributed by atoms with E-state index in [-0.39, 0.29) is 22.1 Å². The second-order valence-corrected chi connectivity index (χ2v) is 7.87. The quantitative estimate of drug-likeness (QED) is 0.214. The van der Waals surface area contributed by atoms with Crippen molar-refractivity contribution in [3.8, 4) is 0 Å². The highest BCUT2D eigenvalue weighted by Gasteiger charge is 2.20. The van der Waals surface area contributed by atoms with Crippen LogP contribution in [-0.2, 0) is 0 Å². The molecule has 0 atom stereocenters. The molecule has 0 unspecified atom stereocenters. The van der Waals surface area contributed by atoms with Gasteiger partial charge in [-0.2, -0.15) is 0 Å². The number of nitrogens with one attached hydrogen (secondary N) is 4. The average Bonchev–Trinajstić information content (AvgIpc) is 2.87. The standard InChI is InChI=1S/C23H18N6O7S/c1-13-4-2-3-5-19(13)22(32)24-16-8-6-14(7-9-16)21(31)26-27-23(37)25-20(30)15-10-17(28(33)34)12-18(11-15)29(35)36/h2-12H,1H3,(H,24,32)(H,26,31)(H2,25,27,30,37). The van der Waals surface area contributed by atoms with E-state index in [9.17, 15) is 34.6 Å². The average molecular weight is 522 g/mol. The minimum atomic E-state index is -0.965. The molecule has 0 bridgehead atoms. The Hall–Kier alpha value is -5.24. The van der Waals surface area contributed by atoms with Crippen molar-refractivity contribution < 1.29 is 24.2 Å². The van der Waals surface area contributed by atoms with Gasteiger partial charge in [0.2, 0.25) is 0 Å². The van der Waals surface area contributed by atoms with Crippen LogP contribution >= 0.6 is 12.2 Å². The minimum Gasteiger partial charge on any atom is -0.322 e. The van der Waals surface area contributed by atoms with Crippen LogP contribution in [0.15, 0.2) is 66.7 Å². The molecule has 0 fully saturated rings. The zero-order valence-corrected chi connectivity index (χ0v) is 19.8. The molecule has 3 amide bonds. The molecule has 0 spiro atoms. The van der Waals surface area contributed by atoms with Crippen LogP contribution in [0.4, 0.5) is 17.1 Å². The highest BCUT2D eigenvalue weighted by molar-refractivity contribution is 7.80. The fourth-order valence-electron chi connectivity index (χ4n) is 3.06. The molecule has 13 nitrogen and oxygen atoms in total. The molecule has 0 aliphatic carbocycles. The summed E-state index contributed by atoms with van der Waals surface area (Å²) < 4.78 is 0. The van der Waals surface area contributed by atoms with Gasteiger partial charge in [0.15, 0.2) is 5.11 Å².